The van der Waals surface area contributed by atoms with Gasteiger partial charge >= 0.3 is 5.97 Å². The number of benzene rings is 2. The highest BCUT2D eigenvalue weighted by Crippen LogP contribution is 2.24. The Labute approximate surface area is 157 Å². The fraction of sp³-hybridized carbons (Fsp3) is 0.0952. The summed E-state index contributed by atoms with van der Waals surface area (Å²) < 4.78 is 4.84. The predicted octanol–water partition coefficient (Wildman–Crippen LogP) is 4.27. The average Bonchev–Trinajstić information content (AvgIpc) is 2.72. The lowest BCUT2D eigenvalue weighted by Gasteiger charge is -2.12. The van der Waals surface area contributed by atoms with Crippen LogP contribution in [0.3, 0.4) is 0 Å². The van der Waals surface area contributed by atoms with E-state index in [1.165, 1.54) is 7.11 Å². The van der Waals surface area contributed by atoms with Crippen molar-refractivity contribution in [1.29, 1.82) is 0 Å². The highest BCUT2D eigenvalue weighted by Gasteiger charge is 2.13. The maximum absolute atomic E-state index is 12.0. The molecule has 136 valence electrons. The molecule has 0 spiro atoms. The van der Waals surface area contributed by atoms with Gasteiger partial charge in [0, 0.05) is 18.2 Å². The van der Waals surface area contributed by atoms with Crippen LogP contribution in [-0.2, 0) is 4.74 Å². The summed E-state index contributed by atoms with van der Waals surface area (Å²) in [5.74, 6) is 0.600. The van der Waals surface area contributed by atoms with Gasteiger partial charge in [-0.15, -0.1) is 6.58 Å². The van der Waals surface area contributed by atoms with E-state index in [4.69, 9.17) is 4.74 Å². The molecule has 0 aliphatic heterocycles. The Morgan fingerprint density at radius 3 is 2.59 bits per heavy atom. The first-order valence-corrected chi connectivity index (χ1v) is 8.45. The molecule has 1 aromatic heterocycles. The average molecular weight is 360 g/mol. The van der Waals surface area contributed by atoms with Crippen molar-refractivity contribution in [1.82, 2.24) is 9.97 Å². The summed E-state index contributed by atoms with van der Waals surface area (Å²) in [5.41, 5.74) is 2.71. The third-order valence-corrected chi connectivity index (χ3v) is 3.80. The van der Waals surface area contributed by atoms with Gasteiger partial charge in [0.15, 0.2) is 0 Å². The minimum absolute atomic E-state index is 0.374. The Balaban J connectivity index is 2.00. The lowest BCUT2D eigenvalue weighted by molar-refractivity contribution is 0.0602. The van der Waals surface area contributed by atoms with Crippen molar-refractivity contribution in [2.24, 2.45) is 0 Å². The van der Waals surface area contributed by atoms with Gasteiger partial charge in [0.2, 0.25) is 5.95 Å². The SMILES string of the molecule is C=CCNc1cc(-c2ccccc2)nc(Nc2ccccc2C(=O)OC)n1. The Hall–Kier alpha value is -3.67. The number of esters is 1. The van der Waals surface area contributed by atoms with Gasteiger partial charge in [0.1, 0.15) is 5.82 Å². The second-order valence-corrected chi connectivity index (χ2v) is 5.66. The second kappa shape index (κ2) is 8.62. The summed E-state index contributed by atoms with van der Waals surface area (Å²) >= 11 is 0. The molecule has 2 N–H and O–H groups in total. The highest BCUT2D eigenvalue weighted by molar-refractivity contribution is 5.96. The quantitative estimate of drug-likeness (QED) is 0.484. The number of rotatable bonds is 7. The Morgan fingerprint density at radius 2 is 1.85 bits per heavy atom. The van der Waals surface area contributed by atoms with Crippen molar-refractivity contribution in [3.8, 4) is 11.3 Å². The van der Waals surface area contributed by atoms with Crippen LogP contribution in [0.1, 0.15) is 10.4 Å². The number of anilines is 3. The molecule has 0 radical (unpaired) electrons. The minimum atomic E-state index is -0.428. The largest absolute Gasteiger partial charge is 0.465 e. The normalized spacial score (nSPS) is 10.1. The fourth-order valence-electron chi connectivity index (χ4n) is 2.53. The maximum atomic E-state index is 12.0. The lowest BCUT2D eigenvalue weighted by Crippen LogP contribution is -2.08. The molecule has 0 atom stereocenters. The van der Waals surface area contributed by atoms with E-state index in [1.807, 2.05) is 42.5 Å². The van der Waals surface area contributed by atoms with E-state index in [1.54, 1.807) is 24.3 Å². The molecule has 27 heavy (non-hydrogen) atoms. The van der Waals surface area contributed by atoms with E-state index >= 15 is 0 Å². The molecule has 6 heteroatoms. The first kappa shape index (κ1) is 18.1. The Morgan fingerprint density at radius 1 is 1.11 bits per heavy atom. The highest BCUT2D eigenvalue weighted by atomic mass is 16.5. The van der Waals surface area contributed by atoms with E-state index in [9.17, 15) is 4.79 Å². The number of para-hydroxylation sites is 1. The number of carbonyl (C=O) groups excluding carboxylic acids is 1. The molecule has 6 nitrogen and oxygen atoms in total. The van der Waals surface area contributed by atoms with Crippen LogP contribution in [0.15, 0.2) is 73.3 Å². The first-order chi connectivity index (χ1) is 13.2. The molecule has 0 saturated heterocycles. The predicted molar refractivity (Wildman–Crippen MR) is 107 cm³/mol. The van der Waals surface area contributed by atoms with E-state index in [0.29, 0.717) is 29.6 Å². The monoisotopic (exact) mass is 360 g/mol. The number of nitrogens with one attached hydrogen (secondary N) is 2. The van der Waals surface area contributed by atoms with Gasteiger partial charge in [-0.3, -0.25) is 0 Å². The molecule has 3 rings (SSSR count). The van der Waals surface area contributed by atoms with Crippen molar-refractivity contribution in [2.45, 2.75) is 0 Å². The van der Waals surface area contributed by atoms with Gasteiger partial charge in [-0.1, -0.05) is 48.5 Å². The van der Waals surface area contributed by atoms with Crippen LogP contribution in [-0.4, -0.2) is 29.6 Å². The van der Waals surface area contributed by atoms with Crippen LogP contribution in [0.25, 0.3) is 11.3 Å². The summed E-state index contributed by atoms with van der Waals surface area (Å²) in [5, 5.41) is 6.30. The number of ether oxygens (including phenoxy) is 1. The number of methoxy groups -OCH3 is 1. The topological polar surface area (TPSA) is 76.1 Å². The van der Waals surface area contributed by atoms with Gasteiger partial charge in [-0.05, 0) is 12.1 Å². The molecule has 0 bridgehead atoms. The molecular formula is C21H20N4O2. The standard InChI is InChI=1S/C21H20N4O2/c1-3-13-22-19-14-18(15-9-5-4-6-10-15)24-21(25-19)23-17-12-8-7-11-16(17)20(26)27-2/h3-12,14H,1,13H2,2H3,(H2,22,23,24,25). The van der Waals surface area contributed by atoms with Gasteiger partial charge in [-0.2, -0.15) is 4.98 Å². The number of hydrogen-bond donors (Lipinski definition) is 2. The van der Waals surface area contributed by atoms with Crippen LogP contribution in [0.4, 0.5) is 17.5 Å². The lowest BCUT2D eigenvalue weighted by atomic mass is 10.1. The zero-order valence-corrected chi connectivity index (χ0v) is 15.0. The van der Waals surface area contributed by atoms with Crippen molar-refractivity contribution >= 4 is 23.4 Å². The van der Waals surface area contributed by atoms with Crippen molar-refractivity contribution in [3.63, 3.8) is 0 Å². The summed E-state index contributed by atoms with van der Waals surface area (Å²) in [7, 11) is 1.35. The van der Waals surface area contributed by atoms with Crippen LogP contribution in [0.2, 0.25) is 0 Å². The molecule has 0 aliphatic rings. The molecule has 0 aliphatic carbocycles. The molecule has 0 amide bonds. The molecule has 2 aromatic carbocycles. The van der Waals surface area contributed by atoms with Crippen molar-refractivity contribution < 1.29 is 9.53 Å². The summed E-state index contributed by atoms with van der Waals surface area (Å²) in [6.45, 7) is 4.29. The summed E-state index contributed by atoms with van der Waals surface area (Å²) in [4.78, 5) is 21.1. The second-order valence-electron chi connectivity index (χ2n) is 5.66. The summed E-state index contributed by atoms with van der Waals surface area (Å²) in [6.07, 6.45) is 1.75. The molecule has 0 unspecified atom stereocenters. The van der Waals surface area contributed by atoms with Crippen molar-refractivity contribution in [2.75, 3.05) is 24.3 Å². The molecule has 3 aromatic rings. The third-order valence-electron chi connectivity index (χ3n) is 3.80. The van der Waals surface area contributed by atoms with Gasteiger partial charge < -0.3 is 15.4 Å². The van der Waals surface area contributed by atoms with Gasteiger partial charge in [-0.25, -0.2) is 9.78 Å². The summed E-state index contributed by atoms with van der Waals surface area (Å²) in [6, 6.07) is 18.7. The number of hydrogen-bond acceptors (Lipinski definition) is 6. The molecular weight excluding hydrogens is 340 g/mol. The molecule has 1 heterocycles. The number of carbonyl (C=O) groups is 1. The molecule has 0 fully saturated rings. The minimum Gasteiger partial charge on any atom is -0.465 e. The maximum Gasteiger partial charge on any atom is 0.339 e. The van der Waals surface area contributed by atoms with Gasteiger partial charge in [0.25, 0.3) is 0 Å². The fourth-order valence-corrected chi connectivity index (χ4v) is 2.53. The zero-order valence-electron chi connectivity index (χ0n) is 15.0. The zero-order chi connectivity index (χ0) is 19.1. The van der Waals surface area contributed by atoms with Gasteiger partial charge in [0.05, 0.1) is 24.1 Å². The number of nitrogens with zero attached hydrogens (tertiary/aromatic N) is 2. The first-order valence-electron chi connectivity index (χ1n) is 8.45. The van der Waals surface area contributed by atoms with Crippen LogP contribution < -0.4 is 10.6 Å². The number of aromatic nitrogens is 2. The smallest absolute Gasteiger partial charge is 0.339 e. The van der Waals surface area contributed by atoms with Crippen LogP contribution >= 0.6 is 0 Å². The van der Waals surface area contributed by atoms with E-state index in [2.05, 4.69) is 27.2 Å². The van der Waals surface area contributed by atoms with E-state index in [-0.39, 0.29) is 0 Å². The van der Waals surface area contributed by atoms with E-state index in [0.717, 1.165) is 11.3 Å². The van der Waals surface area contributed by atoms with Crippen molar-refractivity contribution in [3.05, 3.63) is 78.9 Å². The van der Waals surface area contributed by atoms with Crippen LogP contribution in [0.5, 0.6) is 0 Å². The third kappa shape index (κ3) is 4.49. The Bertz CT molecular complexity index is 942. The Kier molecular flexibility index (Phi) is 5.79. The van der Waals surface area contributed by atoms with E-state index < -0.39 is 5.97 Å². The molecule has 0 saturated carbocycles. The van der Waals surface area contributed by atoms with Crippen LogP contribution in [0, 0.1) is 0 Å².